The van der Waals surface area contributed by atoms with E-state index in [1.54, 1.807) is 34.6 Å². The summed E-state index contributed by atoms with van der Waals surface area (Å²) < 4.78 is 27.6. The van der Waals surface area contributed by atoms with Crippen molar-refractivity contribution in [2.24, 2.45) is 35.5 Å². The molecule has 10 nitrogen and oxygen atoms in total. The Morgan fingerprint density at radius 3 is 2.22 bits per heavy atom. The zero-order chi connectivity index (χ0) is 37.4. The highest BCUT2D eigenvalue weighted by Gasteiger charge is 2.51. The number of carbonyl (C=O) groups excluding carboxylic acids is 6. The van der Waals surface area contributed by atoms with Crippen LogP contribution in [0.25, 0.3) is 0 Å². The first-order chi connectivity index (χ1) is 24.2. The lowest BCUT2D eigenvalue weighted by molar-refractivity contribution is -0.145. The smallest absolute Gasteiger partial charge is 0.246 e. The molecule has 1 aromatic carbocycles. The van der Waals surface area contributed by atoms with Gasteiger partial charge >= 0.3 is 0 Å². The van der Waals surface area contributed by atoms with Crippen molar-refractivity contribution >= 4 is 34.9 Å². The van der Waals surface area contributed by atoms with Crippen molar-refractivity contribution in [1.29, 1.82) is 0 Å². The number of Topliss-reactive ketones (excluding diaryl/α,β-unsaturated/α-hetero) is 4. The number of ketones is 4. The first-order valence-electron chi connectivity index (χ1n) is 18.0. The number of carbonyl (C=O) groups is 6. The molecule has 4 rings (SSSR count). The van der Waals surface area contributed by atoms with Crippen LogP contribution in [0.4, 0.5) is 8.78 Å². The minimum atomic E-state index is -2.91. The number of benzene rings is 1. The fourth-order valence-corrected chi connectivity index (χ4v) is 7.64. The van der Waals surface area contributed by atoms with Gasteiger partial charge in [-0.15, -0.1) is 0 Å². The molecule has 1 N–H and O–H groups in total. The molecular formula is C39H50F2N4O6. The monoisotopic (exact) mass is 708 g/mol. The van der Waals surface area contributed by atoms with E-state index in [0.29, 0.717) is 6.42 Å². The van der Waals surface area contributed by atoms with Gasteiger partial charge in [-0.3, -0.25) is 33.8 Å². The van der Waals surface area contributed by atoms with Crippen LogP contribution in [0.1, 0.15) is 102 Å². The van der Waals surface area contributed by atoms with Gasteiger partial charge in [0.1, 0.15) is 11.7 Å². The summed E-state index contributed by atoms with van der Waals surface area (Å²) in [4.78, 5) is 90.9. The Balaban J connectivity index is 1.51. The van der Waals surface area contributed by atoms with Gasteiger partial charge in [-0.25, -0.2) is 13.8 Å². The average Bonchev–Trinajstić information content (AvgIpc) is 3.70. The van der Waals surface area contributed by atoms with Crippen LogP contribution in [0, 0.1) is 35.5 Å². The maximum absolute atomic E-state index is 14.3. The summed E-state index contributed by atoms with van der Waals surface area (Å²) in [6, 6.07) is 7.09. The molecule has 12 heteroatoms. The number of nitrogens with one attached hydrogen (secondary N) is 1. The van der Waals surface area contributed by atoms with Crippen molar-refractivity contribution in [2.45, 2.75) is 104 Å². The topological polar surface area (TPSA) is 143 Å². The van der Waals surface area contributed by atoms with Gasteiger partial charge in [0.25, 0.3) is 0 Å². The molecule has 0 radical (unpaired) electrons. The third-order valence-electron chi connectivity index (χ3n) is 10.5. The summed E-state index contributed by atoms with van der Waals surface area (Å²) >= 11 is 0. The van der Waals surface area contributed by atoms with Crippen molar-refractivity contribution in [2.75, 3.05) is 6.54 Å². The van der Waals surface area contributed by atoms with E-state index in [9.17, 15) is 37.5 Å². The van der Waals surface area contributed by atoms with Gasteiger partial charge < -0.3 is 10.2 Å². The number of rotatable bonds is 18. The maximum Gasteiger partial charge on any atom is 0.246 e. The fraction of sp³-hybridized carbons (Fsp3) is 0.590. The van der Waals surface area contributed by atoms with Crippen LogP contribution in [0.3, 0.4) is 0 Å². The number of hydrogen-bond acceptors (Lipinski definition) is 8. The number of alkyl halides is 2. The molecule has 1 aromatic heterocycles. The minimum Gasteiger partial charge on any atom is -0.344 e. The van der Waals surface area contributed by atoms with E-state index in [1.807, 2.05) is 30.3 Å². The van der Waals surface area contributed by atoms with E-state index in [4.69, 9.17) is 0 Å². The Labute approximate surface area is 298 Å². The van der Waals surface area contributed by atoms with Crippen LogP contribution in [-0.2, 0) is 24.0 Å². The van der Waals surface area contributed by atoms with E-state index in [2.05, 4.69) is 15.3 Å². The lowest BCUT2D eigenvalue weighted by Gasteiger charge is -2.33. The third kappa shape index (κ3) is 9.98. The molecule has 276 valence electrons. The number of nitrogens with zero attached hydrogens (tertiary/aromatic N) is 3. The van der Waals surface area contributed by atoms with Crippen LogP contribution in [0.5, 0.6) is 0 Å². The van der Waals surface area contributed by atoms with Crippen LogP contribution in [0.15, 0.2) is 48.9 Å². The van der Waals surface area contributed by atoms with E-state index in [0.717, 1.165) is 18.4 Å². The van der Waals surface area contributed by atoms with E-state index in [1.165, 1.54) is 23.5 Å². The molecule has 0 bridgehead atoms. The summed E-state index contributed by atoms with van der Waals surface area (Å²) in [5, 5.41) is 2.86. The van der Waals surface area contributed by atoms with Crippen molar-refractivity contribution in [3.8, 4) is 0 Å². The van der Waals surface area contributed by atoms with Crippen molar-refractivity contribution < 1.29 is 37.5 Å². The molecular weight excluding hydrogens is 658 g/mol. The zero-order valence-corrected chi connectivity index (χ0v) is 30.1. The summed E-state index contributed by atoms with van der Waals surface area (Å²) in [5.74, 6) is -7.08. The van der Waals surface area contributed by atoms with Crippen LogP contribution in [0.2, 0.25) is 0 Å². The van der Waals surface area contributed by atoms with Crippen LogP contribution < -0.4 is 5.32 Å². The Morgan fingerprint density at radius 2 is 1.61 bits per heavy atom. The van der Waals surface area contributed by atoms with E-state index < -0.39 is 78.3 Å². The van der Waals surface area contributed by atoms with Crippen molar-refractivity contribution in [3.63, 3.8) is 0 Å². The molecule has 7 atom stereocenters. The summed E-state index contributed by atoms with van der Waals surface area (Å²) in [6.07, 6.45) is 1.71. The van der Waals surface area contributed by atoms with E-state index >= 15 is 0 Å². The molecule has 2 amide bonds. The molecule has 1 aliphatic heterocycles. The molecule has 2 heterocycles. The first-order valence-corrected chi connectivity index (χ1v) is 18.0. The average molecular weight is 709 g/mol. The highest BCUT2D eigenvalue weighted by Crippen LogP contribution is 2.44. The standard InChI is InChI=1S/C39H50F2N4O6/c1-22(2)29(19-31(46)30-20-42-14-15-43-30)38(50)44-35(23(3)4)39(51)45-21-26-12-9-13-28(26)36(45)32(47)17-27(18-34(40)41)37(49)33(48)16-24(5)25-10-7-6-8-11-25/h6-8,10-11,14-15,20,22-24,26-29,34-36H,9,12-13,16-19,21H2,1-5H3,(H,44,50)/t24-,26+,27?,28+,29-,35+,36+/m1/s1. The van der Waals surface area contributed by atoms with Gasteiger partial charge in [-0.2, -0.15) is 0 Å². The maximum atomic E-state index is 14.3. The number of halogens is 2. The summed E-state index contributed by atoms with van der Waals surface area (Å²) in [7, 11) is 0. The molecule has 1 saturated carbocycles. The van der Waals surface area contributed by atoms with Crippen LogP contribution >= 0.6 is 0 Å². The second-order valence-corrected chi connectivity index (χ2v) is 14.9. The molecule has 2 aromatic rings. The number of fused-ring (bicyclic) bond motifs is 1. The Morgan fingerprint density at radius 1 is 0.902 bits per heavy atom. The minimum absolute atomic E-state index is 0.0111. The number of aromatic nitrogens is 2. The van der Waals surface area contributed by atoms with Gasteiger partial charge in [0.15, 0.2) is 17.3 Å². The largest absolute Gasteiger partial charge is 0.344 e. The third-order valence-corrected chi connectivity index (χ3v) is 10.5. The summed E-state index contributed by atoms with van der Waals surface area (Å²) in [6.45, 7) is 9.19. The highest BCUT2D eigenvalue weighted by molar-refractivity contribution is 6.38. The number of amides is 2. The number of likely N-dealkylation sites (tertiary alicyclic amines) is 1. The molecule has 1 unspecified atom stereocenters. The Kier molecular flexibility index (Phi) is 13.8. The molecule has 0 spiro atoms. The molecule has 1 saturated heterocycles. The number of hydrogen-bond donors (Lipinski definition) is 1. The van der Waals surface area contributed by atoms with Gasteiger partial charge in [-0.05, 0) is 48.0 Å². The lowest BCUT2D eigenvalue weighted by atomic mass is 9.83. The van der Waals surface area contributed by atoms with Crippen molar-refractivity contribution in [1.82, 2.24) is 20.2 Å². The predicted molar refractivity (Wildman–Crippen MR) is 186 cm³/mol. The SMILES string of the molecule is CC(C)[C@H](NC(=O)[C@H](CC(=O)c1cnccn1)C(C)C)C(=O)N1C[C@@H]2CCC[C@@H]2[C@H]1C(=O)CC(CC(F)F)C(=O)C(=O)C[C@@H](C)c1ccccc1. The highest BCUT2D eigenvalue weighted by atomic mass is 19.3. The molecule has 1 aliphatic carbocycles. The van der Waals surface area contributed by atoms with Gasteiger partial charge in [0.05, 0.1) is 12.2 Å². The van der Waals surface area contributed by atoms with E-state index in [-0.39, 0.29) is 54.5 Å². The zero-order valence-electron chi connectivity index (χ0n) is 30.1. The predicted octanol–water partition coefficient (Wildman–Crippen LogP) is 5.65. The second-order valence-electron chi connectivity index (χ2n) is 14.9. The second kappa shape index (κ2) is 17.8. The van der Waals surface area contributed by atoms with Crippen LogP contribution in [-0.4, -0.2) is 74.9 Å². The Bertz CT molecular complexity index is 1550. The molecule has 51 heavy (non-hydrogen) atoms. The van der Waals surface area contributed by atoms with Gasteiger partial charge in [-0.1, -0.05) is 71.4 Å². The molecule has 2 fully saturated rings. The fourth-order valence-electron chi connectivity index (χ4n) is 7.64. The normalized spacial score (nSPS) is 20.9. The quantitative estimate of drug-likeness (QED) is 0.155. The summed E-state index contributed by atoms with van der Waals surface area (Å²) in [5.41, 5.74) is 0.963. The van der Waals surface area contributed by atoms with Gasteiger partial charge in [0, 0.05) is 56.5 Å². The lowest BCUT2D eigenvalue weighted by Crippen LogP contribution is -2.56. The van der Waals surface area contributed by atoms with Gasteiger partial charge in [0.2, 0.25) is 24.0 Å². The first kappa shape index (κ1) is 39.6. The molecule has 2 aliphatic rings. The van der Waals surface area contributed by atoms with Crippen molar-refractivity contribution in [3.05, 3.63) is 60.2 Å². The Hall–Kier alpha value is -4.22.